The zero-order valence-electron chi connectivity index (χ0n) is 14.2. The van der Waals surface area contributed by atoms with Crippen molar-refractivity contribution in [2.75, 3.05) is 13.6 Å². The Morgan fingerprint density at radius 2 is 2.04 bits per heavy atom. The number of benzene rings is 1. The first-order chi connectivity index (χ1) is 12.1. The fraction of sp³-hybridized carbons (Fsp3) is 0.333. The van der Waals surface area contributed by atoms with E-state index in [1.54, 1.807) is 13.2 Å². The van der Waals surface area contributed by atoms with Gasteiger partial charge in [0.2, 0.25) is 5.91 Å². The van der Waals surface area contributed by atoms with Crippen molar-refractivity contribution in [3.8, 4) is 0 Å². The Hall–Kier alpha value is -2.96. The van der Waals surface area contributed by atoms with Crippen molar-refractivity contribution < 1.29 is 9.59 Å². The summed E-state index contributed by atoms with van der Waals surface area (Å²) in [5.74, 6) is 0.627. The van der Waals surface area contributed by atoms with Gasteiger partial charge in [0.25, 0.3) is 5.91 Å². The SMILES string of the molecule is CN1N=C(C(=O)NCCc2nccn2Cc2ccccc2)CCC1=O. The van der Waals surface area contributed by atoms with Crippen LogP contribution in [0.5, 0.6) is 0 Å². The van der Waals surface area contributed by atoms with Crippen LogP contribution in [0.25, 0.3) is 0 Å². The maximum atomic E-state index is 12.1. The maximum Gasteiger partial charge on any atom is 0.267 e. The predicted octanol–water partition coefficient (Wildman–Crippen LogP) is 1.20. The van der Waals surface area contributed by atoms with Crippen LogP contribution >= 0.6 is 0 Å². The summed E-state index contributed by atoms with van der Waals surface area (Å²) in [5.41, 5.74) is 1.60. The Morgan fingerprint density at radius 3 is 2.80 bits per heavy atom. The third-order valence-corrected chi connectivity index (χ3v) is 4.10. The number of carbonyl (C=O) groups excluding carboxylic acids is 2. The van der Waals surface area contributed by atoms with E-state index in [0.717, 1.165) is 12.4 Å². The molecule has 25 heavy (non-hydrogen) atoms. The monoisotopic (exact) mass is 339 g/mol. The van der Waals surface area contributed by atoms with Crippen molar-refractivity contribution >= 4 is 17.5 Å². The molecular formula is C18H21N5O2. The molecule has 3 rings (SSSR count). The maximum absolute atomic E-state index is 12.1. The molecule has 0 fully saturated rings. The smallest absolute Gasteiger partial charge is 0.267 e. The van der Waals surface area contributed by atoms with Crippen LogP contribution in [0.15, 0.2) is 47.8 Å². The lowest BCUT2D eigenvalue weighted by Gasteiger charge is -2.18. The van der Waals surface area contributed by atoms with Crippen molar-refractivity contribution in [2.45, 2.75) is 25.8 Å². The van der Waals surface area contributed by atoms with Gasteiger partial charge in [-0.3, -0.25) is 9.59 Å². The van der Waals surface area contributed by atoms with Crippen LogP contribution in [0.4, 0.5) is 0 Å². The highest BCUT2D eigenvalue weighted by Gasteiger charge is 2.21. The van der Waals surface area contributed by atoms with Gasteiger partial charge in [-0.2, -0.15) is 5.10 Å². The lowest BCUT2D eigenvalue weighted by Crippen LogP contribution is -2.38. The average Bonchev–Trinajstić information content (AvgIpc) is 3.05. The van der Waals surface area contributed by atoms with Gasteiger partial charge in [0.1, 0.15) is 11.5 Å². The first kappa shape index (κ1) is 16.9. The van der Waals surface area contributed by atoms with Gasteiger partial charge < -0.3 is 9.88 Å². The zero-order chi connectivity index (χ0) is 17.6. The normalized spacial score (nSPS) is 14.4. The summed E-state index contributed by atoms with van der Waals surface area (Å²) in [5, 5.41) is 8.10. The topological polar surface area (TPSA) is 79.6 Å². The summed E-state index contributed by atoms with van der Waals surface area (Å²) >= 11 is 0. The van der Waals surface area contributed by atoms with E-state index in [1.807, 2.05) is 24.4 Å². The van der Waals surface area contributed by atoms with Crippen molar-refractivity contribution in [1.29, 1.82) is 0 Å². The van der Waals surface area contributed by atoms with E-state index in [1.165, 1.54) is 10.6 Å². The second kappa shape index (κ2) is 7.74. The molecule has 1 aliphatic heterocycles. The van der Waals surface area contributed by atoms with Crippen molar-refractivity contribution in [3.05, 3.63) is 54.1 Å². The van der Waals surface area contributed by atoms with Crippen molar-refractivity contribution in [1.82, 2.24) is 19.9 Å². The van der Waals surface area contributed by atoms with Crippen molar-refractivity contribution in [2.24, 2.45) is 5.10 Å². The fourth-order valence-electron chi connectivity index (χ4n) is 2.72. The van der Waals surface area contributed by atoms with Gasteiger partial charge in [0.15, 0.2) is 0 Å². The van der Waals surface area contributed by atoms with E-state index >= 15 is 0 Å². The van der Waals surface area contributed by atoms with Crippen LogP contribution in [0.3, 0.4) is 0 Å². The van der Waals surface area contributed by atoms with E-state index in [0.29, 0.717) is 31.5 Å². The van der Waals surface area contributed by atoms with Crippen LogP contribution in [-0.2, 0) is 22.6 Å². The molecule has 130 valence electrons. The Kier molecular flexibility index (Phi) is 5.23. The Bertz CT molecular complexity index is 782. The Balaban J connectivity index is 1.53. The van der Waals surface area contributed by atoms with Crippen LogP contribution in [0, 0.1) is 0 Å². The van der Waals surface area contributed by atoms with E-state index in [2.05, 4.69) is 32.1 Å². The standard InChI is InChI=1S/C18H21N5O2/c1-22-17(24)8-7-15(21-22)18(25)20-10-9-16-19-11-12-23(16)13-14-5-3-2-4-6-14/h2-6,11-12H,7-10,13H2,1H3,(H,20,25). The van der Waals surface area contributed by atoms with Crippen molar-refractivity contribution in [3.63, 3.8) is 0 Å². The minimum atomic E-state index is -0.222. The summed E-state index contributed by atoms with van der Waals surface area (Å²) in [6.45, 7) is 1.23. The highest BCUT2D eigenvalue weighted by Crippen LogP contribution is 2.08. The molecule has 0 aliphatic carbocycles. The summed E-state index contributed by atoms with van der Waals surface area (Å²) < 4.78 is 2.08. The van der Waals surface area contributed by atoms with E-state index < -0.39 is 0 Å². The minimum absolute atomic E-state index is 0.0699. The average molecular weight is 339 g/mol. The first-order valence-electron chi connectivity index (χ1n) is 8.29. The number of imidazole rings is 1. The Morgan fingerprint density at radius 1 is 1.24 bits per heavy atom. The quantitative estimate of drug-likeness (QED) is 0.859. The molecule has 7 nitrogen and oxygen atoms in total. The van der Waals surface area contributed by atoms with Crippen LogP contribution in [0.1, 0.15) is 24.2 Å². The van der Waals surface area contributed by atoms with Crippen LogP contribution in [-0.4, -0.2) is 45.7 Å². The van der Waals surface area contributed by atoms with E-state index in [4.69, 9.17) is 0 Å². The highest BCUT2D eigenvalue weighted by molar-refractivity contribution is 6.39. The van der Waals surface area contributed by atoms with Gasteiger partial charge in [0, 0.05) is 51.8 Å². The number of carbonyl (C=O) groups is 2. The highest BCUT2D eigenvalue weighted by atomic mass is 16.2. The number of amides is 2. The molecule has 2 aromatic rings. The third kappa shape index (κ3) is 4.32. The Labute approximate surface area is 146 Å². The molecule has 0 saturated carbocycles. The van der Waals surface area contributed by atoms with E-state index in [9.17, 15) is 9.59 Å². The predicted molar refractivity (Wildman–Crippen MR) is 93.9 cm³/mol. The molecule has 2 amide bonds. The lowest BCUT2D eigenvalue weighted by atomic mass is 10.1. The molecule has 1 aromatic heterocycles. The fourth-order valence-corrected chi connectivity index (χ4v) is 2.72. The molecule has 7 heteroatoms. The van der Waals surface area contributed by atoms with Gasteiger partial charge >= 0.3 is 0 Å². The summed E-state index contributed by atoms with van der Waals surface area (Å²) in [6, 6.07) is 10.2. The number of rotatable bonds is 6. The second-order valence-corrected chi connectivity index (χ2v) is 5.93. The van der Waals surface area contributed by atoms with Gasteiger partial charge in [-0.25, -0.2) is 9.99 Å². The molecule has 0 unspecified atom stereocenters. The van der Waals surface area contributed by atoms with Crippen LogP contribution < -0.4 is 5.32 Å². The number of nitrogens with one attached hydrogen (secondary N) is 1. The molecular weight excluding hydrogens is 318 g/mol. The molecule has 1 N–H and O–H groups in total. The summed E-state index contributed by atoms with van der Waals surface area (Å²) in [6.07, 6.45) is 5.05. The summed E-state index contributed by atoms with van der Waals surface area (Å²) in [4.78, 5) is 27.9. The first-order valence-corrected chi connectivity index (χ1v) is 8.29. The van der Waals surface area contributed by atoms with Gasteiger partial charge in [-0.05, 0) is 5.56 Å². The largest absolute Gasteiger partial charge is 0.350 e. The number of nitrogens with zero attached hydrogens (tertiary/aromatic N) is 4. The molecule has 1 aromatic carbocycles. The third-order valence-electron chi connectivity index (χ3n) is 4.10. The second-order valence-electron chi connectivity index (χ2n) is 5.93. The van der Waals surface area contributed by atoms with E-state index in [-0.39, 0.29) is 11.8 Å². The van der Waals surface area contributed by atoms with Gasteiger partial charge in [-0.15, -0.1) is 0 Å². The van der Waals surface area contributed by atoms with Crippen LogP contribution in [0.2, 0.25) is 0 Å². The number of hydrogen-bond donors (Lipinski definition) is 1. The molecule has 0 saturated heterocycles. The number of hydrazone groups is 1. The molecule has 1 aliphatic rings. The van der Waals surface area contributed by atoms with Gasteiger partial charge in [0.05, 0.1) is 0 Å². The summed E-state index contributed by atoms with van der Waals surface area (Å²) in [7, 11) is 1.56. The molecule has 2 heterocycles. The molecule has 0 atom stereocenters. The zero-order valence-corrected chi connectivity index (χ0v) is 14.2. The molecule has 0 spiro atoms. The number of hydrogen-bond acceptors (Lipinski definition) is 4. The van der Waals surface area contributed by atoms with Gasteiger partial charge in [-0.1, -0.05) is 30.3 Å². The number of aromatic nitrogens is 2. The molecule has 0 bridgehead atoms. The minimum Gasteiger partial charge on any atom is -0.350 e. The lowest BCUT2D eigenvalue weighted by molar-refractivity contribution is -0.130. The molecule has 0 radical (unpaired) electrons.